The molecule has 26 heavy (non-hydrogen) atoms. The predicted molar refractivity (Wildman–Crippen MR) is 118 cm³/mol. The molecule has 1 amide bonds. The van der Waals surface area contributed by atoms with Gasteiger partial charge in [-0.2, -0.15) is 0 Å². The number of benzene rings is 2. The fraction of sp³-hybridized carbons (Fsp3) is 0.222. The molecule has 0 radical (unpaired) electrons. The zero-order chi connectivity index (χ0) is 18.1. The van der Waals surface area contributed by atoms with Gasteiger partial charge in [0, 0.05) is 30.2 Å². The lowest BCUT2D eigenvalue weighted by Crippen LogP contribution is -2.42. The number of aliphatic imine (C=N–C) groups is 1. The van der Waals surface area contributed by atoms with Gasteiger partial charge in [-0.15, -0.1) is 24.0 Å². The van der Waals surface area contributed by atoms with Crippen LogP contribution in [0.5, 0.6) is 0 Å². The summed E-state index contributed by atoms with van der Waals surface area (Å²) in [6.45, 7) is 1.09. The number of carbonyl (C=O) groups is 1. The highest BCUT2D eigenvalue weighted by Crippen LogP contribution is 2.20. The van der Waals surface area contributed by atoms with Crippen LogP contribution in [0.1, 0.15) is 11.1 Å². The number of hydrogen-bond donors (Lipinski definition) is 3. The lowest BCUT2D eigenvalue weighted by atomic mass is 10.2. The average molecular weight is 507 g/mol. The molecular formula is C18H21Cl2IN4O. The molecule has 140 valence electrons. The third kappa shape index (κ3) is 7.80. The fourth-order valence-electron chi connectivity index (χ4n) is 2.09. The highest BCUT2D eigenvalue weighted by atomic mass is 127. The molecule has 0 spiro atoms. The molecule has 0 aliphatic heterocycles. The minimum atomic E-state index is -0.115. The Morgan fingerprint density at radius 1 is 1.00 bits per heavy atom. The monoisotopic (exact) mass is 506 g/mol. The van der Waals surface area contributed by atoms with Crippen LogP contribution in [-0.2, 0) is 17.9 Å². The van der Waals surface area contributed by atoms with Crippen LogP contribution in [0.2, 0.25) is 10.0 Å². The van der Waals surface area contributed by atoms with Gasteiger partial charge in [0.1, 0.15) is 0 Å². The van der Waals surface area contributed by atoms with Gasteiger partial charge >= 0.3 is 0 Å². The summed E-state index contributed by atoms with van der Waals surface area (Å²) >= 11 is 12.0. The van der Waals surface area contributed by atoms with Crippen molar-refractivity contribution < 1.29 is 4.79 Å². The number of halogens is 3. The normalized spacial score (nSPS) is 10.7. The van der Waals surface area contributed by atoms with Gasteiger partial charge < -0.3 is 16.0 Å². The maximum absolute atomic E-state index is 11.9. The van der Waals surface area contributed by atoms with Gasteiger partial charge in [-0.05, 0) is 23.3 Å². The minimum absolute atomic E-state index is 0. The van der Waals surface area contributed by atoms with E-state index < -0.39 is 0 Å². The number of hydrogen-bond acceptors (Lipinski definition) is 2. The van der Waals surface area contributed by atoms with Gasteiger partial charge in [0.25, 0.3) is 0 Å². The maximum Gasteiger partial charge on any atom is 0.239 e. The molecule has 0 saturated carbocycles. The van der Waals surface area contributed by atoms with E-state index in [0.717, 1.165) is 11.1 Å². The first-order chi connectivity index (χ1) is 12.1. The zero-order valence-electron chi connectivity index (χ0n) is 14.3. The third-order valence-electron chi connectivity index (χ3n) is 3.43. The molecular weight excluding hydrogens is 486 g/mol. The van der Waals surface area contributed by atoms with Crippen molar-refractivity contribution in [1.29, 1.82) is 0 Å². The molecule has 5 nitrogen and oxygen atoms in total. The summed E-state index contributed by atoms with van der Waals surface area (Å²) in [5.74, 6) is 0.400. The molecule has 3 N–H and O–H groups in total. The van der Waals surface area contributed by atoms with Crippen LogP contribution in [0.4, 0.5) is 0 Å². The summed E-state index contributed by atoms with van der Waals surface area (Å²) in [5, 5.41) is 10.1. The largest absolute Gasteiger partial charge is 0.352 e. The second-order valence-corrected chi connectivity index (χ2v) is 6.12. The summed E-state index contributed by atoms with van der Waals surface area (Å²) in [6.07, 6.45) is 0. The van der Waals surface area contributed by atoms with Gasteiger partial charge in [-0.3, -0.25) is 9.79 Å². The molecule has 0 fully saturated rings. The van der Waals surface area contributed by atoms with Crippen LogP contribution >= 0.6 is 47.2 Å². The molecule has 0 aliphatic rings. The average Bonchev–Trinajstić information content (AvgIpc) is 2.62. The van der Waals surface area contributed by atoms with Crippen molar-refractivity contribution in [2.24, 2.45) is 4.99 Å². The first-order valence-corrected chi connectivity index (χ1v) is 8.53. The standard InChI is InChI=1S/C18H20Cl2N4O.HI/c1-21-18(23-11-14-7-8-15(19)9-16(14)20)24-12-17(25)22-10-13-5-3-2-4-6-13;/h2-9H,10-12H2,1H3,(H,22,25)(H2,21,23,24);1H. The summed E-state index contributed by atoms with van der Waals surface area (Å²) in [5.41, 5.74) is 1.94. The van der Waals surface area contributed by atoms with E-state index in [1.54, 1.807) is 19.2 Å². The Morgan fingerprint density at radius 2 is 1.73 bits per heavy atom. The molecule has 2 aromatic carbocycles. The molecule has 8 heteroatoms. The molecule has 2 aromatic rings. The van der Waals surface area contributed by atoms with Crippen LogP contribution in [0, 0.1) is 0 Å². The maximum atomic E-state index is 11.9. The minimum Gasteiger partial charge on any atom is -0.352 e. The summed E-state index contributed by atoms with van der Waals surface area (Å²) < 4.78 is 0. The molecule has 0 atom stereocenters. The molecule has 0 saturated heterocycles. The highest BCUT2D eigenvalue weighted by Gasteiger charge is 2.05. The predicted octanol–water partition coefficient (Wildman–Crippen LogP) is 3.59. The fourth-order valence-corrected chi connectivity index (χ4v) is 2.56. The van der Waals surface area contributed by atoms with Crippen molar-refractivity contribution in [3.8, 4) is 0 Å². The molecule has 0 aliphatic carbocycles. The Balaban J connectivity index is 0.00000338. The lowest BCUT2D eigenvalue weighted by molar-refractivity contribution is -0.120. The Labute approximate surface area is 180 Å². The first-order valence-electron chi connectivity index (χ1n) is 7.77. The van der Waals surface area contributed by atoms with E-state index in [1.165, 1.54) is 0 Å². The van der Waals surface area contributed by atoms with Gasteiger partial charge in [-0.1, -0.05) is 59.6 Å². The second kappa shape index (κ2) is 12.0. The SMILES string of the molecule is CN=C(NCC(=O)NCc1ccccc1)NCc1ccc(Cl)cc1Cl.I. The number of guanidine groups is 1. The smallest absolute Gasteiger partial charge is 0.239 e. The Morgan fingerprint density at radius 3 is 2.38 bits per heavy atom. The Kier molecular flexibility index (Phi) is 10.4. The van der Waals surface area contributed by atoms with Gasteiger partial charge in [0.05, 0.1) is 6.54 Å². The van der Waals surface area contributed by atoms with E-state index in [1.807, 2.05) is 36.4 Å². The lowest BCUT2D eigenvalue weighted by Gasteiger charge is -2.13. The van der Waals surface area contributed by atoms with E-state index in [-0.39, 0.29) is 36.4 Å². The number of carbonyl (C=O) groups excluding carboxylic acids is 1. The van der Waals surface area contributed by atoms with Gasteiger partial charge in [0.2, 0.25) is 5.91 Å². The quantitative estimate of drug-likeness (QED) is 0.318. The van der Waals surface area contributed by atoms with Gasteiger partial charge in [0.15, 0.2) is 5.96 Å². The Hall–Kier alpha value is -1.51. The van der Waals surface area contributed by atoms with Crippen molar-refractivity contribution in [3.05, 3.63) is 69.7 Å². The van der Waals surface area contributed by atoms with E-state index in [4.69, 9.17) is 23.2 Å². The highest BCUT2D eigenvalue weighted by molar-refractivity contribution is 14.0. The first kappa shape index (κ1) is 22.5. The zero-order valence-corrected chi connectivity index (χ0v) is 18.1. The van der Waals surface area contributed by atoms with E-state index >= 15 is 0 Å². The van der Waals surface area contributed by atoms with Crippen LogP contribution in [-0.4, -0.2) is 25.5 Å². The summed E-state index contributed by atoms with van der Waals surface area (Å²) in [6, 6.07) is 15.0. The van der Waals surface area contributed by atoms with Crippen molar-refractivity contribution in [2.75, 3.05) is 13.6 Å². The number of nitrogens with one attached hydrogen (secondary N) is 3. The number of nitrogens with zero attached hydrogens (tertiary/aromatic N) is 1. The number of rotatable bonds is 6. The van der Waals surface area contributed by atoms with E-state index in [2.05, 4.69) is 20.9 Å². The summed E-state index contributed by atoms with van der Waals surface area (Å²) in [4.78, 5) is 16.0. The van der Waals surface area contributed by atoms with Crippen LogP contribution < -0.4 is 16.0 Å². The summed E-state index contributed by atoms with van der Waals surface area (Å²) in [7, 11) is 1.64. The molecule has 0 aromatic heterocycles. The van der Waals surface area contributed by atoms with Gasteiger partial charge in [-0.25, -0.2) is 0 Å². The second-order valence-electron chi connectivity index (χ2n) is 5.28. The Bertz CT molecular complexity index is 741. The topological polar surface area (TPSA) is 65.5 Å². The van der Waals surface area contributed by atoms with Crippen molar-refractivity contribution in [3.63, 3.8) is 0 Å². The molecule has 0 heterocycles. The van der Waals surface area contributed by atoms with E-state index in [9.17, 15) is 4.79 Å². The van der Waals surface area contributed by atoms with Crippen LogP contribution in [0.15, 0.2) is 53.5 Å². The van der Waals surface area contributed by atoms with Crippen LogP contribution in [0.3, 0.4) is 0 Å². The molecule has 0 unspecified atom stereocenters. The molecule has 0 bridgehead atoms. The number of amides is 1. The van der Waals surface area contributed by atoms with E-state index in [0.29, 0.717) is 29.1 Å². The third-order valence-corrected chi connectivity index (χ3v) is 4.02. The van der Waals surface area contributed by atoms with Crippen molar-refractivity contribution in [2.45, 2.75) is 13.1 Å². The van der Waals surface area contributed by atoms with Crippen LogP contribution in [0.25, 0.3) is 0 Å². The molecule has 2 rings (SSSR count). The van der Waals surface area contributed by atoms with Crippen molar-refractivity contribution in [1.82, 2.24) is 16.0 Å². The van der Waals surface area contributed by atoms with Crippen molar-refractivity contribution >= 4 is 59.0 Å².